The molecule has 0 aromatic heterocycles. The molecule has 0 fully saturated rings. The van der Waals surface area contributed by atoms with Gasteiger partial charge in [0.05, 0.1) is 5.69 Å². The van der Waals surface area contributed by atoms with Crippen LogP contribution in [0.25, 0.3) is 0 Å². The Hall–Kier alpha value is -2.43. The highest BCUT2D eigenvalue weighted by Crippen LogP contribution is 2.18. The Kier molecular flexibility index (Phi) is 3.46. The third kappa shape index (κ3) is 2.88. The Bertz CT molecular complexity index is 641. The Labute approximate surface area is 109 Å². The van der Waals surface area contributed by atoms with E-state index in [1.54, 1.807) is 6.92 Å². The number of carbonyl (C=O) groups excluding carboxylic acids is 1. The average Bonchev–Trinajstić information content (AvgIpc) is 2.36. The third-order valence-corrected chi connectivity index (χ3v) is 2.69. The van der Waals surface area contributed by atoms with Gasteiger partial charge in [-0.1, -0.05) is 0 Å². The Morgan fingerprint density at radius 3 is 2.53 bits per heavy atom. The predicted molar refractivity (Wildman–Crippen MR) is 69.9 cm³/mol. The molecular weight excluding hydrogens is 250 g/mol. The van der Waals surface area contributed by atoms with Crippen molar-refractivity contribution in [3.8, 4) is 0 Å². The Morgan fingerprint density at radius 1 is 1.16 bits per heavy atom. The molecule has 0 saturated heterocycles. The van der Waals surface area contributed by atoms with Crippen molar-refractivity contribution >= 4 is 17.3 Å². The van der Waals surface area contributed by atoms with Gasteiger partial charge in [0.25, 0.3) is 5.91 Å². The van der Waals surface area contributed by atoms with Crippen LogP contribution < -0.4 is 11.1 Å². The molecule has 2 aromatic carbocycles. The van der Waals surface area contributed by atoms with Gasteiger partial charge in [-0.2, -0.15) is 0 Å². The minimum Gasteiger partial charge on any atom is -0.396 e. The lowest BCUT2D eigenvalue weighted by Crippen LogP contribution is -2.13. The first-order valence-corrected chi connectivity index (χ1v) is 5.60. The highest BCUT2D eigenvalue weighted by molar-refractivity contribution is 6.05. The molecule has 0 saturated carbocycles. The van der Waals surface area contributed by atoms with Crippen LogP contribution in [0.2, 0.25) is 0 Å². The molecule has 19 heavy (non-hydrogen) atoms. The highest BCUT2D eigenvalue weighted by atomic mass is 19.1. The van der Waals surface area contributed by atoms with Crippen molar-refractivity contribution in [1.82, 2.24) is 0 Å². The summed E-state index contributed by atoms with van der Waals surface area (Å²) in [5.74, 6) is -1.38. The van der Waals surface area contributed by atoms with Crippen molar-refractivity contribution in [3.05, 3.63) is 59.2 Å². The SMILES string of the molecule is Cc1cc(F)ccc1NC(=O)c1ccc(F)c(N)c1. The van der Waals surface area contributed by atoms with Gasteiger partial charge in [0, 0.05) is 11.3 Å². The summed E-state index contributed by atoms with van der Waals surface area (Å²) in [4.78, 5) is 11.9. The minimum atomic E-state index is -0.575. The Balaban J connectivity index is 2.23. The number of nitrogens with one attached hydrogen (secondary N) is 1. The number of nitrogens with two attached hydrogens (primary N) is 1. The van der Waals surface area contributed by atoms with Gasteiger partial charge in [0.2, 0.25) is 0 Å². The molecule has 0 unspecified atom stereocenters. The van der Waals surface area contributed by atoms with E-state index in [0.29, 0.717) is 11.3 Å². The fourth-order valence-corrected chi connectivity index (χ4v) is 1.65. The molecule has 0 bridgehead atoms. The first-order chi connectivity index (χ1) is 8.97. The zero-order chi connectivity index (χ0) is 14.0. The number of hydrogen-bond donors (Lipinski definition) is 2. The third-order valence-electron chi connectivity index (χ3n) is 2.69. The smallest absolute Gasteiger partial charge is 0.255 e. The van der Waals surface area contributed by atoms with Crippen LogP contribution >= 0.6 is 0 Å². The lowest BCUT2D eigenvalue weighted by molar-refractivity contribution is 0.102. The standard InChI is InChI=1S/C14H12F2N2O/c1-8-6-10(15)3-5-13(8)18-14(19)9-2-4-11(16)12(17)7-9/h2-7H,17H2,1H3,(H,18,19). The molecule has 1 amide bonds. The lowest BCUT2D eigenvalue weighted by Gasteiger charge is -2.09. The van der Waals surface area contributed by atoms with E-state index in [2.05, 4.69) is 5.32 Å². The van der Waals surface area contributed by atoms with Crippen LogP contribution in [0.5, 0.6) is 0 Å². The largest absolute Gasteiger partial charge is 0.396 e. The number of anilines is 2. The molecule has 0 spiro atoms. The highest BCUT2D eigenvalue weighted by Gasteiger charge is 2.10. The molecule has 5 heteroatoms. The molecule has 2 rings (SSSR count). The number of halogens is 2. The predicted octanol–water partition coefficient (Wildman–Crippen LogP) is 3.11. The van der Waals surface area contributed by atoms with Gasteiger partial charge in [0.1, 0.15) is 11.6 Å². The molecule has 3 nitrogen and oxygen atoms in total. The van der Waals surface area contributed by atoms with Gasteiger partial charge < -0.3 is 11.1 Å². The van der Waals surface area contributed by atoms with E-state index < -0.39 is 11.7 Å². The number of carbonyl (C=O) groups is 1. The maximum atomic E-state index is 13.0. The molecule has 2 aromatic rings. The summed E-state index contributed by atoms with van der Waals surface area (Å²) in [6.45, 7) is 1.68. The van der Waals surface area contributed by atoms with E-state index in [-0.39, 0.29) is 17.1 Å². The van der Waals surface area contributed by atoms with E-state index in [0.717, 1.165) is 6.07 Å². The molecule has 0 aliphatic heterocycles. The van der Waals surface area contributed by atoms with E-state index in [1.807, 2.05) is 0 Å². The van der Waals surface area contributed by atoms with Crippen molar-refractivity contribution < 1.29 is 13.6 Å². The van der Waals surface area contributed by atoms with Gasteiger partial charge in [-0.3, -0.25) is 4.79 Å². The monoisotopic (exact) mass is 262 g/mol. The number of benzene rings is 2. The van der Waals surface area contributed by atoms with Crippen LogP contribution in [0.15, 0.2) is 36.4 Å². The van der Waals surface area contributed by atoms with Gasteiger partial charge in [-0.15, -0.1) is 0 Å². The average molecular weight is 262 g/mol. The number of aryl methyl sites for hydroxylation is 1. The van der Waals surface area contributed by atoms with Crippen LogP contribution in [0.1, 0.15) is 15.9 Å². The fourth-order valence-electron chi connectivity index (χ4n) is 1.65. The molecule has 0 aliphatic rings. The fraction of sp³-hybridized carbons (Fsp3) is 0.0714. The minimum absolute atomic E-state index is 0.0940. The van der Waals surface area contributed by atoms with Crippen LogP contribution in [0, 0.1) is 18.6 Å². The van der Waals surface area contributed by atoms with Gasteiger partial charge in [-0.25, -0.2) is 8.78 Å². The number of nitrogen functional groups attached to an aromatic ring is 1. The summed E-state index contributed by atoms with van der Waals surface area (Å²) in [5.41, 5.74) is 6.64. The maximum absolute atomic E-state index is 13.0. The van der Waals surface area contributed by atoms with Gasteiger partial charge in [0.15, 0.2) is 0 Å². The quantitative estimate of drug-likeness (QED) is 0.817. The summed E-state index contributed by atoms with van der Waals surface area (Å²) in [5, 5.41) is 2.62. The molecule has 0 atom stereocenters. The zero-order valence-corrected chi connectivity index (χ0v) is 10.2. The van der Waals surface area contributed by atoms with Crippen LogP contribution in [-0.2, 0) is 0 Å². The molecule has 0 aliphatic carbocycles. The maximum Gasteiger partial charge on any atom is 0.255 e. The van der Waals surface area contributed by atoms with Crippen molar-refractivity contribution in [3.63, 3.8) is 0 Å². The van der Waals surface area contributed by atoms with Crippen molar-refractivity contribution in [1.29, 1.82) is 0 Å². The second kappa shape index (κ2) is 5.06. The second-order valence-electron chi connectivity index (χ2n) is 4.15. The molecule has 98 valence electrons. The number of amides is 1. The summed E-state index contributed by atoms with van der Waals surface area (Å²) < 4.78 is 25.9. The zero-order valence-electron chi connectivity index (χ0n) is 10.2. The summed E-state index contributed by atoms with van der Waals surface area (Å²) in [6, 6.07) is 7.75. The van der Waals surface area contributed by atoms with Crippen LogP contribution in [0.3, 0.4) is 0 Å². The van der Waals surface area contributed by atoms with E-state index in [1.165, 1.54) is 30.3 Å². The van der Waals surface area contributed by atoms with Crippen molar-refractivity contribution in [2.75, 3.05) is 11.1 Å². The number of rotatable bonds is 2. The van der Waals surface area contributed by atoms with Crippen LogP contribution in [-0.4, -0.2) is 5.91 Å². The van der Waals surface area contributed by atoms with Gasteiger partial charge >= 0.3 is 0 Å². The summed E-state index contributed by atoms with van der Waals surface area (Å²) >= 11 is 0. The second-order valence-corrected chi connectivity index (χ2v) is 4.15. The number of hydrogen-bond acceptors (Lipinski definition) is 2. The van der Waals surface area contributed by atoms with E-state index in [4.69, 9.17) is 5.73 Å². The molecule has 3 N–H and O–H groups in total. The first kappa shape index (κ1) is 13.0. The summed E-state index contributed by atoms with van der Waals surface area (Å²) in [7, 11) is 0. The van der Waals surface area contributed by atoms with E-state index >= 15 is 0 Å². The first-order valence-electron chi connectivity index (χ1n) is 5.60. The molecular formula is C14H12F2N2O. The molecule has 0 heterocycles. The topological polar surface area (TPSA) is 55.1 Å². The van der Waals surface area contributed by atoms with Crippen molar-refractivity contribution in [2.45, 2.75) is 6.92 Å². The van der Waals surface area contributed by atoms with E-state index in [9.17, 15) is 13.6 Å². The molecule has 0 radical (unpaired) electrons. The summed E-state index contributed by atoms with van der Waals surface area (Å²) in [6.07, 6.45) is 0. The van der Waals surface area contributed by atoms with Crippen LogP contribution in [0.4, 0.5) is 20.2 Å². The van der Waals surface area contributed by atoms with Gasteiger partial charge in [-0.05, 0) is 48.9 Å². The normalized spacial score (nSPS) is 10.3. The Morgan fingerprint density at radius 2 is 1.89 bits per heavy atom. The lowest BCUT2D eigenvalue weighted by atomic mass is 10.1. The van der Waals surface area contributed by atoms with Crippen molar-refractivity contribution in [2.24, 2.45) is 0 Å².